The van der Waals surface area contributed by atoms with Gasteiger partial charge in [0.15, 0.2) is 0 Å². The number of nitrogens with zero attached hydrogens (tertiary/aromatic N) is 3. The van der Waals surface area contributed by atoms with Gasteiger partial charge < -0.3 is 15.5 Å². The maximum Gasteiger partial charge on any atom is 0.325 e. The Bertz CT molecular complexity index is 880. The topological polar surface area (TPSA) is 112 Å². The van der Waals surface area contributed by atoms with Crippen molar-refractivity contribution in [1.82, 2.24) is 20.1 Å². The predicted octanol–water partition coefficient (Wildman–Crippen LogP) is 1.74. The van der Waals surface area contributed by atoms with Gasteiger partial charge in [0.05, 0.1) is 0 Å². The van der Waals surface area contributed by atoms with E-state index in [1.54, 1.807) is 30.2 Å². The first kappa shape index (κ1) is 20.8. The van der Waals surface area contributed by atoms with Gasteiger partial charge in [0.25, 0.3) is 5.91 Å². The van der Waals surface area contributed by atoms with Gasteiger partial charge in [0.1, 0.15) is 17.9 Å². The van der Waals surface area contributed by atoms with Crippen LogP contribution >= 0.6 is 15.9 Å². The highest BCUT2D eigenvalue weighted by Gasteiger charge is 2.56. The zero-order valence-electron chi connectivity index (χ0n) is 16.7. The summed E-state index contributed by atoms with van der Waals surface area (Å²) in [6.07, 6.45) is 4.48. The largest absolute Gasteiger partial charge is 0.341 e. The molecule has 0 radical (unpaired) electrons. The van der Waals surface area contributed by atoms with Gasteiger partial charge in [0, 0.05) is 29.7 Å². The van der Waals surface area contributed by atoms with E-state index in [-0.39, 0.29) is 36.1 Å². The minimum atomic E-state index is -0.885. The van der Waals surface area contributed by atoms with Crippen molar-refractivity contribution in [3.8, 4) is 0 Å². The molecule has 3 fully saturated rings. The Morgan fingerprint density at radius 3 is 2.53 bits per heavy atom. The normalized spacial score (nSPS) is 24.7. The van der Waals surface area contributed by atoms with Crippen LogP contribution in [0.4, 0.5) is 10.6 Å². The number of urea groups is 1. The number of hydrogen-bond acceptors (Lipinski definition) is 5. The first-order chi connectivity index (χ1) is 14.3. The summed E-state index contributed by atoms with van der Waals surface area (Å²) in [6.45, 7) is 2.30. The molecule has 1 aromatic rings. The summed E-state index contributed by atoms with van der Waals surface area (Å²) in [5, 5.41) is 5.55. The quantitative estimate of drug-likeness (QED) is 0.627. The minimum Gasteiger partial charge on any atom is -0.341 e. The third-order valence-corrected chi connectivity index (χ3v) is 6.65. The zero-order valence-corrected chi connectivity index (χ0v) is 18.3. The summed E-state index contributed by atoms with van der Waals surface area (Å²) in [6, 6.07) is 3.01. The Kier molecular flexibility index (Phi) is 5.52. The number of hydrogen-bond donors (Lipinski definition) is 2. The Labute approximate surface area is 182 Å². The summed E-state index contributed by atoms with van der Waals surface area (Å²) < 4.78 is 0.829. The Morgan fingerprint density at radius 2 is 1.93 bits per heavy atom. The average molecular weight is 478 g/mol. The molecule has 160 valence electrons. The number of piperidine rings is 1. The lowest BCUT2D eigenvalue weighted by atomic mass is 9.95. The highest BCUT2D eigenvalue weighted by atomic mass is 79.9. The van der Waals surface area contributed by atoms with Crippen molar-refractivity contribution < 1.29 is 19.2 Å². The summed E-state index contributed by atoms with van der Waals surface area (Å²) in [5.74, 6) is -0.283. The van der Waals surface area contributed by atoms with Gasteiger partial charge in [-0.1, -0.05) is 0 Å². The van der Waals surface area contributed by atoms with Crippen LogP contribution < -0.4 is 10.6 Å². The first-order valence-corrected chi connectivity index (χ1v) is 10.9. The van der Waals surface area contributed by atoms with Gasteiger partial charge in [-0.15, -0.1) is 0 Å². The van der Waals surface area contributed by atoms with Crippen molar-refractivity contribution in [2.45, 2.75) is 38.1 Å². The fourth-order valence-corrected chi connectivity index (χ4v) is 4.34. The van der Waals surface area contributed by atoms with Crippen molar-refractivity contribution in [2.75, 3.05) is 25.0 Å². The number of carbonyl (C=O) groups excluding carboxylic acids is 4. The van der Waals surface area contributed by atoms with Crippen LogP contribution in [0.1, 0.15) is 32.6 Å². The molecular weight excluding hydrogens is 454 g/mol. The molecule has 4 rings (SSSR count). The van der Waals surface area contributed by atoms with E-state index in [1.165, 1.54) is 0 Å². The van der Waals surface area contributed by atoms with Crippen LogP contribution in [0.2, 0.25) is 0 Å². The number of imide groups is 1. The lowest BCUT2D eigenvalue weighted by Gasteiger charge is -2.32. The third kappa shape index (κ3) is 4.05. The van der Waals surface area contributed by atoms with E-state index in [0.717, 1.165) is 22.2 Å². The first-order valence-electron chi connectivity index (χ1n) is 10.1. The molecule has 0 aromatic carbocycles. The second-order valence-corrected chi connectivity index (χ2v) is 9.22. The van der Waals surface area contributed by atoms with Crippen LogP contribution in [0, 0.1) is 11.8 Å². The summed E-state index contributed by atoms with van der Waals surface area (Å²) in [7, 11) is 0. The van der Waals surface area contributed by atoms with Crippen LogP contribution in [-0.2, 0) is 14.4 Å². The summed E-state index contributed by atoms with van der Waals surface area (Å²) in [4.78, 5) is 56.9. The molecule has 30 heavy (non-hydrogen) atoms. The molecule has 5 amide bonds. The number of aromatic nitrogens is 1. The van der Waals surface area contributed by atoms with Gasteiger partial charge in [-0.2, -0.15) is 0 Å². The van der Waals surface area contributed by atoms with E-state index in [4.69, 9.17) is 0 Å². The van der Waals surface area contributed by atoms with Crippen LogP contribution in [0.15, 0.2) is 22.8 Å². The molecule has 3 heterocycles. The molecule has 1 unspecified atom stereocenters. The second-order valence-electron chi connectivity index (χ2n) is 8.30. The highest BCUT2D eigenvalue weighted by Crippen LogP contribution is 2.42. The summed E-state index contributed by atoms with van der Waals surface area (Å²) >= 11 is 3.30. The SMILES string of the molecule is CC1(C2CC2)NC(=O)N(CC(=O)N2CCC(C(=O)Nc3ccc(Br)cn3)CC2)C1=O. The predicted molar refractivity (Wildman–Crippen MR) is 111 cm³/mol. The van der Waals surface area contributed by atoms with Gasteiger partial charge in [0.2, 0.25) is 11.8 Å². The van der Waals surface area contributed by atoms with Crippen LogP contribution in [0.25, 0.3) is 0 Å². The standard InChI is InChI=1S/C20H24BrN5O4/c1-20(13-2-3-13)18(29)26(19(30)24-20)11-16(27)25-8-6-12(7-9-25)17(28)23-15-5-4-14(21)10-22-15/h4-5,10,12-13H,2-3,6-9,11H2,1H3,(H,24,30)(H,22,23,28). The van der Waals surface area contributed by atoms with Crippen LogP contribution in [0.5, 0.6) is 0 Å². The average Bonchev–Trinajstić information content (AvgIpc) is 3.56. The van der Waals surface area contributed by atoms with Crippen LogP contribution in [-0.4, -0.2) is 63.7 Å². The maximum atomic E-state index is 12.7. The fourth-order valence-electron chi connectivity index (χ4n) is 4.10. The molecule has 2 N–H and O–H groups in total. The molecule has 10 heteroatoms. The molecule has 1 aliphatic carbocycles. The van der Waals surface area contributed by atoms with Crippen LogP contribution in [0.3, 0.4) is 0 Å². The fraction of sp³-hybridized carbons (Fsp3) is 0.550. The van der Waals surface area contributed by atoms with E-state index >= 15 is 0 Å². The molecule has 2 saturated heterocycles. The van der Waals surface area contributed by atoms with E-state index in [9.17, 15) is 19.2 Å². The minimum absolute atomic E-state index is 0.119. The van der Waals surface area contributed by atoms with Crippen molar-refractivity contribution >= 4 is 45.5 Å². The molecule has 1 atom stereocenters. The number of anilines is 1. The van der Waals surface area contributed by atoms with Gasteiger partial charge in [-0.3, -0.25) is 19.3 Å². The molecule has 2 aliphatic heterocycles. The third-order valence-electron chi connectivity index (χ3n) is 6.19. The number of pyridine rings is 1. The van der Waals surface area contributed by atoms with E-state index in [1.807, 2.05) is 0 Å². The maximum absolute atomic E-state index is 12.7. The highest BCUT2D eigenvalue weighted by molar-refractivity contribution is 9.10. The Balaban J connectivity index is 1.28. The van der Waals surface area contributed by atoms with Crippen molar-refractivity contribution in [3.05, 3.63) is 22.8 Å². The Hall–Kier alpha value is -2.49. The van der Waals surface area contributed by atoms with E-state index in [2.05, 4.69) is 31.5 Å². The lowest BCUT2D eigenvalue weighted by molar-refractivity contribution is -0.140. The monoisotopic (exact) mass is 477 g/mol. The van der Waals surface area contributed by atoms with E-state index < -0.39 is 11.6 Å². The smallest absolute Gasteiger partial charge is 0.325 e. The van der Waals surface area contributed by atoms with Crippen molar-refractivity contribution in [1.29, 1.82) is 0 Å². The molecular formula is C20H24BrN5O4. The number of carbonyl (C=O) groups is 4. The molecule has 1 aromatic heterocycles. The Morgan fingerprint density at radius 1 is 1.23 bits per heavy atom. The number of amides is 5. The van der Waals surface area contributed by atoms with Gasteiger partial charge in [-0.05, 0) is 66.6 Å². The van der Waals surface area contributed by atoms with Gasteiger partial charge in [-0.25, -0.2) is 9.78 Å². The molecule has 0 spiro atoms. The number of nitrogens with one attached hydrogen (secondary N) is 2. The lowest BCUT2D eigenvalue weighted by Crippen LogP contribution is -2.48. The summed E-state index contributed by atoms with van der Waals surface area (Å²) in [5.41, 5.74) is -0.885. The molecule has 3 aliphatic rings. The van der Waals surface area contributed by atoms with Crippen molar-refractivity contribution in [2.24, 2.45) is 11.8 Å². The number of halogens is 1. The molecule has 9 nitrogen and oxygen atoms in total. The zero-order chi connectivity index (χ0) is 21.5. The second kappa shape index (κ2) is 7.98. The molecule has 1 saturated carbocycles. The number of rotatable bonds is 5. The van der Waals surface area contributed by atoms with Gasteiger partial charge >= 0.3 is 6.03 Å². The molecule has 0 bridgehead atoms. The van der Waals surface area contributed by atoms with Crippen molar-refractivity contribution in [3.63, 3.8) is 0 Å². The number of likely N-dealkylation sites (tertiary alicyclic amines) is 1. The van der Waals surface area contributed by atoms with E-state index in [0.29, 0.717) is 31.7 Å².